The van der Waals surface area contributed by atoms with Gasteiger partial charge in [0.1, 0.15) is 0 Å². The van der Waals surface area contributed by atoms with Gasteiger partial charge in [-0.1, -0.05) is 12.1 Å². The second kappa shape index (κ2) is 6.62. The van der Waals surface area contributed by atoms with E-state index in [1.807, 2.05) is 24.3 Å². The molecule has 0 radical (unpaired) electrons. The predicted molar refractivity (Wildman–Crippen MR) is 70.8 cm³/mol. The molecule has 1 nitrogen and oxygen atoms in total. The lowest BCUT2D eigenvalue weighted by Gasteiger charge is -2.10. The molecule has 1 atom stereocenters. The quantitative estimate of drug-likeness (QED) is 0.819. The van der Waals surface area contributed by atoms with Gasteiger partial charge >= 0.3 is 0 Å². The van der Waals surface area contributed by atoms with E-state index < -0.39 is 0 Å². The van der Waals surface area contributed by atoms with Gasteiger partial charge in [0.2, 0.25) is 0 Å². The molecular weight excluding hydrogens is 329 g/mol. The minimum atomic E-state index is 0. The maximum atomic E-state index is 5.92. The number of hydrogen-bond donors (Lipinski definition) is 1. The van der Waals surface area contributed by atoms with Gasteiger partial charge in [-0.05, 0) is 56.0 Å². The van der Waals surface area contributed by atoms with E-state index in [4.69, 9.17) is 5.73 Å². The van der Waals surface area contributed by atoms with Crippen LogP contribution in [-0.2, 0) is 0 Å². The number of benzene rings is 1. The van der Waals surface area contributed by atoms with Gasteiger partial charge in [0.25, 0.3) is 0 Å². The molecule has 0 aliphatic carbocycles. The fourth-order valence-corrected chi connectivity index (χ4v) is 1.70. The molecular formula is C10H12Br2ClN. The van der Waals surface area contributed by atoms with Crippen LogP contribution >= 0.6 is 44.3 Å². The van der Waals surface area contributed by atoms with Crippen molar-refractivity contribution in [2.24, 2.45) is 5.73 Å². The molecule has 0 bridgehead atoms. The molecule has 0 saturated heterocycles. The van der Waals surface area contributed by atoms with E-state index in [-0.39, 0.29) is 18.4 Å². The molecule has 0 spiro atoms. The second-order valence-electron chi connectivity index (χ2n) is 2.80. The monoisotopic (exact) mass is 339 g/mol. The average molecular weight is 341 g/mol. The predicted octanol–water partition coefficient (Wildman–Crippen LogP) is 4.21. The molecule has 0 aliphatic heterocycles. The highest BCUT2D eigenvalue weighted by atomic mass is 79.9. The van der Waals surface area contributed by atoms with E-state index >= 15 is 0 Å². The molecule has 0 unspecified atom stereocenters. The Labute approximate surface area is 107 Å². The van der Waals surface area contributed by atoms with E-state index in [1.165, 1.54) is 0 Å². The molecule has 78 valence electrons. The first-order valence-electron chi connectivity index (χ1n) is 3.96. The number of rotatable bonds is 3. The molecule has 2 N–H and O–H groups in total. The van der Waals surface area contributed by atoms with Gasteiger partial charge in [0.15, 0.2) is 0 Å². The molecule has 1 aromatic rings. The van der Waals surface area contributed by atoms with E-state index in [9.17, 15) is 0 Å². The van der Waals surface area contributed by atoms with Crippen molar-refractivity contribution in [1.82, 2.24) is 0 Å². The fourth-order valence-electron chi connectivity index (χ4n) is 1.06. The molecule has 1 rings (SSSR count). The lowest BCUT2D eigenvalue weighted by atomic mass is 10.1. The summed E-state index contributed by atoms with van der Waals surface area (Å²) in [5, 5.41) is 0. The van der Waals surface area contributed by atoms with Crippen LogP contribution in [0, 0.1) is 0 Å². The van der Waals surface area contributed by atoms with E-state index in [2.05, 4.69) is 38.4 Å². The summed E-state index contributed by atoms with van der Waals surface area (Å²) in [7, 11) is 0. The summed E-state index contributed by atoms with van der Waals surface area (Å²) in [4.78, 5) is 0. The summed E-state index contributed by atoms with van der Waals surface area (Å²) in [6.45, 7) is 3.67. The zero-order chi connectivity index (χ0) is 9.84. The lowest BCUT2D eigenvalue weighted by molar-refractivity contribution is 0.741. The van der Waals surface area contributed by atoms with Gasteiger partial charge in [-0.25, -0.2) is 0 Å². The fraction of sp³-hybridized carbons (Fsp3) is 0.200. The first-order chi connectivity index (χ1) is 6.15. The molecule has 0 saturated carbocycles. The zero-order valence-corrected chi connectivity index (χ0v) is 11.5. The third-order valence-corrected chi connectivity index (χ3v) is 3.67. The Morgan fingerprint density at radius 3 is 2.50 bits per heavy atom. The normalized spacial score (nSPS) is 11.6. The summed E-state index contributed by atoms with van der Waals surface area (Å²) in [6.07, 6.45) is 2.63. The number of nitrogens with two attached hydrogens (primary N) is 1. The summed E-state index contributed by atoms with van der Waals surface area (Å²) < 4.78 is 2.08. The summed E-state index contributed by atoms with van der Waals surface area (Å²) >= 11 is 6.85. The van der Waals surface area contributed by atoms with E-state index in [1.54, 1.807) is 0 Å². The minimum Gasteiger partial charge on any atom is -0.324 e. The zero-order valence-electron chi connectivity index (χ0n) is 7.54. The Balaban J connectivity index is 0.00000169. The van der Waals surface area contributed by atoms with Crippen molar-refractivity contribution in [3.05, 3.63) is 45.4 Å². The van der Waals surface area contributed by atoms with Gasteiger partial charge in [-0.3, -0.25) is 0 Å². The largest absolute Gasteiger partial charge is 0.324 e. The van der Waals surface area contributed by atoms with Crippen LogP contribution in [0.25, 0.3) is 0 Å². The third kappa shape index (κ3) is 3.73. The molecule has 0 aliphatic rings. The topological polar surface area (TPSA) is 26.0 Å². The van der Waals surface area contributed by atoms with Crippen LogP contribution in [0.1, 0.15) is 18.0 Å². The Kier molecular flexibility index (Phi) is 6.70. The molecule has 1 aromatic carbocycles. The van der Waals surface area contributed by atoms with Crippen molar-refractivity contribution in [1.29, 1.82) is 0 Å². The molecule has 0 amide bonds. The Hall–Kier alpha value is 0.170. The molecule has 0 heterocycles. The van der Waals surface area contributed by atoms with Gasteiger partial charge in [0, 0.05) is 15.0 Å². The lowest BCUT2D eigenvalue weighted by Crippen LogP contribution is -2.08. The maximum Gasteiger partial charge on any atom is 0.0330 e. The van der Waals surface area contributed by atoms with Crippen molar-refractivity contribution < 1.29 is 0 Å². The summed E-state index contributed by atoms with van der Waals surface area (Å²) in [5.41, 5.74) is 7.04. The van der Waals surface area contributed by atoms with Crippen LogP contribution in [0.2, 0.25) is 0 Å². The van der Waals surface area contributed by atoms with Gasteiger partial charge in [-0.2, -0.15) is 0 Å². The first kappa shape index (κ1) is 14.2. The Morgan fingerprint density at radius 1 is 1.36 bits per heavy atom. The van der Waals surface area contributed by atoms with Crippen molar-refractivity contribution in [2.75, 3.05) is 0 Å². The number of hydrogen-bond acceptors (Lipinski definition) is 1. The summed E-state index contributed by atoms with van der Waals surface area (Å²) in [5.74, 6) is 0. The SMILES string of the molecule is C=CC[C@@H](N)c1ccc(Br)c(Br)c1.Cl. The van der Waals surface area contributed by atoms with Crippen LogP contribution in [-0.4, -0.2) is 0 Å². The van der Waals surface area contributed by atoms with Gasteiger partial charge < -0.3 is 5.73 Å². The highest BCUT2D eigenvalue weighted by Crippen LogP contribution is 2.26. The van der Waals surface area contributed by atoms with Crippen LogP contribution in [0.5, 0.6) is 0 Å². The smallest absolute Gasteiger partial charge is 0.0330 e. The van der Waals surface area contributed by atoms with Gasteiger partial charge in [0.05, 0.1) is 0 Å². The Morgan fingerprint density at radius 2 is 2.00 bits per heavy atom. The third-order valence-electron chi connectivity index (χ3n) is 1.79. The minimum absolute atomic E-state index is 0. The molecule has 14 heavy (non-hydrogen) atoms. The van der Waals surface area contributed by atoms with Crippen molar-refractivity contribution in [2.45, 2.75) is 12.5 Å². The van der Waals surface area contributed by atoms with Gasteiger partial charge in [-0.15, -0.1) is 19.0 Å². The molecule has 4 heteroatoms. The van der Waals surface area contributed by atoms with Crippen LogP contribution < -0.4 is 5.73 Å². The molecule has 0 fully saturated rings. The van der Waals surface area contributed by atoms with E-state index in [0.717, 1.165) is 20.9 Å². The average Bonchev–Trinajstić information content (AvgIpc) is 2.10. The molecule has 0 aromatic heterocycles. The first-order valence-corrected chi connectivity index (χ1v) is 5.55. The van der Waals surface area contributed by atoms with Crippen molar-refractivity contribution in [3.63, 3.8) is 0 Å². The van der Waals surface area contributed by atoms with Crippen molar-refractivity contribution >= 4 is 44.3 Å². The van der Waals surface area contributed by atoms with Crippen LogP contribution in [0.3, 0.4) is 0 Å². The summed E-state index contributed by atoms with van der Waals surface area (Å²) in [6, 6.07) is 6.07. The van der Waals surface area contributed by atoms with Crippen LogP contribution in [0.4, 0.5) is 0 Å². The maximum absolute atomic E-state index is 5.92. The van der Waals surface area contributed by atoms with Crippen molar-refractivity contribution in [3.8, 4) is 0 Å². The van der Waals surface area contributed by atoms with E-state index in [0.29, 0.717) is 0 Å². The second-order valence-corrected chi connectivity index (χ2v) is 4.51. The standard InChI is InChI=1S/C10H11Br2N.ClH/c1-2-3-10(13)7-4-5-8(11)9(12)6-7;/h2,4-6,10H,1,3,13H2;1H/t10-;/m1./s1. The Bertz CT molecular complexity index is 315. The highest BCUT2D eigenvalue weighted by molar-refractivity contribution is 9.13. The highest BCUT2D eigenvalue weighted by Gasteiger charge is 2.05. The number of halogens is 3. The van der Waals surface area contributed by atoms with Crippen LogP contribution in [0.15, 0.2) is 39.8 Å².